The van der Waals surface area contributed by atoms with Crippen LogP contribution in [0.5, 0.6) is 5.75 Å². The third kappa shape index (κ3) is 4.93. The Labute approximate surface area is 135 Å². The summed E-state index contributed by atoms with van der Waals surface area (Å²) in [5.74, 6) is 0.114. The Balaban J connectivity index is 2.19. The fraction of sp³-hybridized carbons (Fsp3) is 0.222. The van der Waals surface area contributed by atoms with E-state index in [0.717, 1.165) is 5.56 Å². The van der Waals surface area contributed by atoms with E-state index < -0.39 is 0 Å². The highest BCUT2D eigenvalue weighted by Gasteiger charge is 2.11. The minimum atomic E-state index is -0.308. The molecule has 0 aliphatic heterocycles. The molecule has 5 heteroatoms. The summed E-state index contributed by atoms with van der Waals surface area (Å²) in [7, 11) is 1.44. The summed E-state index contributed by atoms with van der Waals surface area (Å²) in [4.78, 5) is 23.3. The molecule has 0 heterocycles. The largest absolute Gasteiger partial charge is 0.487 e. The molecule has 5 nitrogen and oxygen atoms in total. The van der Waals surface area contributed by atoms with Crippen LogP contribution in [0.3, 0.4) is 0 Å². The van der Waals surface area contributed by atoms with Crippen LogP contribution in [0, 0.1) is 0 Å². The van der Waals surface area contributed by atoms with Gasteiger partial charge in [0.1, 0.15) is 19.0 Å². The maximum absolute atomic E-state index is 11.7. The molecule has 0 aliphatic carbocycles. The number of amides is 1. The quantitative estimate of drug-likeness (QED) is 0.798. The van der Waals surface area contributed by atoms with Gasteiger partial charge >= 0.3 is 0 Å². The van der Waals surface area contributed by atoms with Crippen LogP contribution in [0.4, 0.5) is 5.69 Å². The summed E-state index contributed by atoms with van der Waals surface area (Å²) in [6, 6.07) is 14.7. The summed E-state index contributed by atoms with van der Waals surface area (Å²) in [5, 5.41) is 2.70. The number of carbonyl (C=O) groups is 2. The number of hydrogen-bond donors (Lipinski definition) is 1. The molecule has 0 bridgehead atoms. The smallest absolute Gasteiger partial charge is 0.250 e. The van der Waals surface area contributed by atoms with E-state index in [9.17, 15) is 9.59 Å². The van der Waals surface area contributed by atoms with Crippen LogP contribution in [-0.2, 0) is 16.1 Å². The summed E-state index contributed by atoms with van der Waals surface area (Å²) >= 11 is 0. The average Bonchev–Trinajstić information content (AvgIpc) is 2.54. The first-order valence-electron chi connectivity index (χ1n) is 7.20. The van der Waals surface area contributed by atoms with Crippen molar-refractivity contribution in [2.75, 3.05) is 19.0 Å². The Morgan fingerprint density at radius 1 is 1.09 bits per heavy atom. The van der Waals surface area contributed by atoms with Crippen molar-refractivity contribution >= 4 is 17.4 Å². The van der Waals surface area contributed by atoms with Gasteiger partial charge in [0.05, 0.1) is 5.69 Å². The summed E-state index contributed by atoms with van der Waals surface area (Å²) in [5.41, 5.74) is 1.97. The van der Waals surface area contributed by atoms with Crippen LogP contribution in [0.15, 0.2) is 48.5 Å². The van der Waals surface area contributed by atoms with Crippen molar-refractivity contribution in [3.05, 3.63) is 59.7 Å². The number of rotatable bonds is 7. The number of anilines is 1. The average molecular weight is 313 g/mol. The Hall–Kier alpha value is -2.66. The molecule has 120 valence electrons. The van der Waals surface area contributed by atoms with Gasteiger partial charge in [-0.1, -0.05) is 30.3 Å². The van der Waals surface area contributed by atoms with Crippen molar-refractivity contribution in [1.82, 2.24) is 0 Å². The van der Waals surface area contributed by atoms with Crippen LogP contribution in [0.1, 0.15) is 22.8 Å². The van der Waals surface area contributed by atoms with E-state index in [1.807, 2.05) is 30.3 Å². The van der Waals surface area contributed by atoms with Gasteiger partial charge in [-0.3, -0.25) is 9.59 Å². The highest BCUT2D eigenvalue weighted by atomic mass is 16.5. The molecule has 0 aliphatic rings. The number of methoxy groups -OCH3 is 1. The molecule has 2 aromatic rings. The molecule has 0 saturated heterocycles. The van der Waals surface area contributed by atoms with Crippen LogP contribution >= 0.6 is 0 Å². The van der Waals surface area contributed by atoms with E-state index in [-0.39, 0.29) is 18.3 Å². The molecule has 23 heavy (non-hydrogen) atoms. The first-order valence-corrected chi connectivity index (χ1v) is 7.20. The lowest BCUT2D eigenvalue weighted by Crippen LogP contribution is -2.18. The molecule has 0 spiro atoms. The lowest BCUT2D eigenvalue weighted by Gasteiger charge is -2.13. The minimum Gasteiger partial charge on any atom is -0.487 e. The van der Waals surface area contributed by atoms with E-state index in [1.165, 1.54) is 14.0 Å². The third-order valence-electron chi connectivity index (χ3n) is 3.17. The number of benzene rings is 2. The minimum absolute atomic E-state index is 0.0670. The van der Waals surface area contributed by atoms with Crippen molar-refractivity contribution in [2.45, 2.75) is 13.5 Å². The summed E-state index contributed by atoms with van der Waals surface area (Å²) < 4.78 is 10.6. The van der Waals surface area contributed by atoms with Gasteiger partial charge in [-0.2, -0.15) is 0 Å². The van der Waals surface area contributed by atoms with Crippen LogP contribution in [-0.4, -0.2) is 25.4 Å². The van der Waals surface area contributed by atoms with Gasteiger partial charge in [0.2, 0.25) is 5.91 Å². The molecule has 0 fully saturated rings. The topological polar surface area (TPSA) is 64.6 Å². The zero-order chi connectivity index (χ0) is 16.7. The molecular weight excluding hydrogens is 294 g/mol. The van der Waals surface area contributed by atoms with Gasteiger partial charge in [0.15, 0.2) is 5.78 Å². The number of Topliss-reactive ketones (excluding diaryl/α,β-unsaturated/α-hetero) is 1. The van der Waals surface area contributed by atoms with E-state index in [4.69, 9.17) is 9.47 Å². The SMILES string of the molecule is COCC(=O)Nc1cc(C(C)=O)ccc1OCc1ccccc1. The molecule has 0 saturated carbocycles. The maximum atomic E-state index is 11.7. The molecule has 1 N–H and O–H groups in total. The monoisotopic (exact) mass is 313 g/mol. The van der Waals surface area contributed by atoms with E-state index >= 15 is 0 Å². The van der Waals surface area contributed by atoms with Crippen molar-refractivity contribution in [1.29, 1.82) is 0 Å². The highest BCUT2D eigenvalue weighted by molar-refractivity contribution is 5.98. The number of ether oxygens (including phenoxy) is 2. The van der Waals surface area contributed by atoms with Gasteiger partial charge in [0, 0.05) is 12.7 Å². The predicted octanol–water partition coefficient (Wildman–Crippen LogP) is 3.05. The summed E-state index contributed by atoms with van der Waals surface area (Å²) in [6.07, 6.45) is 0. The van der Waals surface area contributed by atoms with Gasteiger partial charge < -0.3 is 14.8 Å². The summed E-state index contributed by atoms with van der Waals surface area (Å²) in [6.45, 7) is 1.77. The van der Waals surface area contributed by atoms with Gasteiger partial charge in [-0.25, -0.2) is 0 Å². The number of hydrogen-bond acceptors (Lipinski definition) is 4. The standard InChI is InChI=1S/C18H19NO4/c1-13(20)15-8-9-17(16(10-15)19-18(21)12-22-2)23-11-14-6-4-3-5-7-14/h3-10H,11-12H2,1-2H3,(H,19,21). The fourth-order valence-corrected chi connectivity index (χ4v) is 2.03. The van der Waals surface area contributed by atoms with E-state index in [2.05, 4.69) is 5.32 Å². The van der Waals surface area contributed by atoms with Gasteiger partial charge in [0.25, 0.3) is 0 Å². The van der Waals surface area contributed by atoms with Crippen molar-refractivity contribution in [2.24, 2.45) is 0 Å². The zero-order valence-electron chi connectivity index (χ0n) is 13.2. The molecule has 0 atom stereocenters. The second-order valence-electron chi connectivity index (χ2n) is 5.02. The first kappa shape index (κ1) is 16.7. The Bertz CT molecular complexity index is 683. The van der Waals surface area contributed by atoms with E-state index in [1.54, 1.807) is 18.2 Å². The molecule has 0 aromatic heterocycles. The Morgan fingerprint density at radius 2 is 1.83 bits per heavy atom. The first-order chi connectivity index (χ1) is 11.1. The predicted molar refractivity (Wildman–Crippen MR) is 87.7 cm³/mol. The number of carbonyl (C=O) groups excluding carboxylic acids is 2. The van der Waals surface area contributed by atoms with E-state index in [0.29, 0.717) is 23.6 Å². The molecule has 0 unspecified atom stereocenters. The number of nitrogens with one attached hydrogen (secondary N) is 1. The molecule has 0 radical (unpaired) electrons. The molecule has 2 rings (SSSR count). The second kappa shape index (κ2) is 8.10. The molecular formula is C18H19NO4. The lowest BCUT2D eigenvalue weighted by molar-refractivity contribution is -0.119. The normalized spacial score (nSPS) is 10.2. The molecule has 1 amide bonds. The fourth-order valence-electron chi connectivity index (χ4n) is 2.03. The van der Waals surface area contributed by atoms with Crippen LogP contribution in [0.2, 0.25) is 0 Å². The van der Waals surface area contributed by atoms with Crippen LogP contribution in [0.25, 0.3) is 0 Å². The van der Waals surface area contributed by atoms with Crippen molar-refractivity contribution in [3.63, 3.8) is 0 Å². The Kier molecular flexibility index (Phi) is 5.88. The van der Waals surface area contributed by atoms with Crippen molar-refractivity contribution < 1.29 is 19.1 Å². The van der Waals surface area contributed by atoms with Crippen LogP contribution < -0.4 is 10.1 Å². The highest BCUT2D eigenvalue weighted by Crippen LogP contribution is 2.27. The van der Waals surface area contributed by atoms with Gasteiger partial charge in [-0.15, -0.1) is 0 Å². The zero-order valence-corrected chi connectivity index (χ0v) is 13.2. The van der Waals surface area contributed by atoms with Gasteiger partial charge in [-0.05, 0) is 30.7 Å². The maximum Gasteiger partial charge on any atom is 0.250 e. The second-order valence-corrected chi connectivity index (χ2v) is 5.02. The lowest BCUT2D eigenvalue weighted by atomic mass is 10.1. The third-order valence-corrected chi connectivity index (χ3v) is 3.17. The molecule has 2 aromatic carbocycles. The van der Waals surface area contributed by atoms with Crippen molar-refractivity contribution in [3.8, 4) is 5.75 Å². The number of ketones is 1. The Morgan fingerprint density at radius 3 is 2.48 bits per heavy atom.